The van der Waals surface area contributed by atoms with Crippen molar-refractivity contribution in [3.63, 3.8) is 0 Å². The van der Waals surface area contributed by atoms with Gasteiger partial charge in [0.25, 0.3) is 0 Å². The summed E-state index contributed by atoms with van der Waals surface area (Å²) in [6, 6.07) is 0. The number of nitrogens with one attached hydrogen (secondary N) is 1. The zero-order valence-electron chi connectivity index (χ0n) is 14.0. The third kappa shape index (κ3) is 12.7. The van der Waals surface area contributed by atoms with Crippen LogP contribution in [0.1, 0.15) is 79.6 Å². The molecule has 0 amide bonds. The van der Waals surface area contributed by atoms with Gasteiger partial charge in [0, 0.05) is 6.54 Å². The van der Waals surface area contributed by atoms with E-state index in [1.165, 1.54) is 44.9 Å². The lowest BCUT2D eigenvalue weighted by atomic mass is 10.1. The van der Waals surface area contributed by atoms with Crippen LogP contribution < -0.4 is 5.32 Å². The zero-order valence-corrected chi connectivity index (χ0v) is 14.0. The number of rotatable bonds is 13. The Hall–Kier alpha value is -0.0800. The van der Waals surface area contributed by atoms with Crippen molar-refractivity contribution in [2.45, 2.75) is 91.8 Å². The number of hydrogen-bond acceptors (Lipinski definition) is 2. The van der Waals surface area contributed by atoms with Gasteiger partial charge in [-0.1, -0.05) is 59.8 Å². The third-order valence-electron chi connectivity index (χ3n) is 3.42. The number of ether oxygens (including phenoxy) is 1. The molecule has 19 heavy (non-hydrogen) atoms. The molecule has 0 saturated heterocycles. The van der Waals surface area contributed by atoms with E-state index in [9.17, 15) is 0 Å². The fraction of sp³-hybridized carbons (Fsp3) is 1.00. The van der Waals surface area contributed by atoms with Crippen molar-refractivity contribution in [1.29, 1.82) is 0 Å². The van der Waals surface area contributed by atoms with Crippen LogP contribution in [-0.2, 0) is 4.74 Å². The van der Waals surface area contributed by atoms with Crippen LogP contribution in [0.4, 0.5) is 0 Å². The molecule has 0 aromatic heterocycles. The van der Waals surface area contributed by atoms with Crippen molar-refractivity contribution in [3.8, 4) is 0 Å². The minimum absolute atomic E-state index is 0.393. The van der Waals surface area contributed by atoms with E-state index >= 15 is 0 Å². The summed E-state index contributed by atoms with van der Waals surface area (Å²) >= 11 is 0. The Kier molecular flexibility index (Phi) is 12.9. The molecule has 0 bridgehead atoms. The van der Waals surface area contributed by atoms with Crippen LogP contribution in [0.15, 0.2) is 0 Å². The normalized spacial score (nSPS) is 14.8. The zero-order chi connectivity index (χ0) is 14.5. The largest absolute Gasteiger partial charge is 0.374 e. The molecule has 0 aliphatic carbocycles. The second-order valence-electron chi connectivity index (χ2n) is 6.26. The van der Waals surface area contributed by atoms with Crippen LogP contribution in [0.2, 0.25) is 0 Å². The van der Waals surface area contributed by atoms with Crippen LogP contribution in [0.25, 0.3) is 0 Å². The SMILES string of the molecule is CCCCCCC(C)OC(CCC)CNCC(C)C. The summed E-state index contributed by atoms with van der Waals surface area (Å²) in [7, 11) is 0. The summed E-state index contributed by atoms with van der Waals surface area (Å²) < 4.78 is 6.19. The molecular formula is C17H37NO. The predicted octanol–water partition coefficient (Wildman–Crippen LogP) is 4.78. The molecule has 116 valence electrons. The van der Waals surface area contributed by atoms with Crippen molar-refractivity contribution in [1.82, 2.24) is 5.32 Å². The molecule has 0 saturated carbocycles. The van der Waals surface area contributed by atoms with Crippen molar-refractivity contribution >= 4 is 0 Å². The second kappa shape index (κ2) is 12.9. The minimum atomic E-state index is 0.393. The van der Waals surface area contributed by atoms with Crippen LogP contribution in [0, 0.1) is 5.92 Å². The lowest BCUT2D eigenvalue weighted by molar-refractivity contribution is -0.0111. The van der Waals surface area contributed by atoms with Gasteiger partial charge in [-0.15, -0.1) is 0 Å². The highest BCUT2D eigenvalue weighted by atomic mass is 16.5. The van der Waals surface area contributed by atoms with Crippen molar-refractivity contribution in [2.75, 3.05) is 13.1 Å². The highest BCUT2D eigenvalue weighted by Crippen LogP contribution is 2.12. The summed E-state index contributed by atoms with van der Waals surface area (Å²) in [5.41, 5.74) is 0. The van der Waals surface area contributed by atoms with Crippen LogP contribution in [0.5, 0.6) is 0 Å². The average molecular weight is 271 g/mol. The van der Waals surface area contributed by atoms with E-state index in [0.29, 0.717) is 18.1 Å². The van der Waals surface area contributed by atoms with Crippen molar-refractivity contribution in [3.05, 3.63) is 0 Å². The Bertz CT molecular complexity index is 182. The van der Waals surface area contributed by atoms with Gasteiger partial charge in [0.15, 0.2) is 0 Å². The van der Waals surface area contributed by atoms with E-state index in [1.54, 1.807) is 0 Å². The fourth-order valence-electron chi connectivity index (χ4n) is 2.33. The Morgan fingerprint density at radius 2 is 1.58 bits per heavy atom. The number of hydrogen-bond donors (Lipinski definition) is 1. The fourth-order valence-corrected chi connectivity index (χ4v) is 2.33. The van der Waals surface area contributed by atoms with Gasteiger partial charge in [-0.2, -0.15) is 0 Å². The monoisotopic (exact) mass is 271 g/mol. The Labute approximate surface area is 121 Å². The van der Waals surface area contributed by atoms with Gasteiger partial charge in [-0.25, -0.2) is 0 Å². The molecular weight excluding hydrogens is 234 g/mol. The quantitative estimate of drug-likeness (QED) is 0.487. The Balaban J connectivity index is 3.76. The molecule has 2 atom stereocenters. The average Bonchev–Trinajstić information content (AvgIpc) is 2.34. The van der Waals surface area contributed by atoms with Crippen LogP contribution >= 0.6 is 0 Å². The molecule has 2 unspecified atom stereocenters. The first-order valence-electron chi connectivity index (χ1n) is 8.46. The molecule has 0 radical (unpaired) electrons. The Morgan fingerprint density at radius 3 is 2.16 bits per heavy atom. The topological polar surface area (TPSA) is 21.3 Å². The lowest BCUT2D eigenvalue weighted by Crippen LogP contribution is -2.33. The molecule has 0 spiro atoms. The van der Waals surface area contributed by atoms with Gasteiger partial charge in [0.1, 0.15) is 0 Å². The molecule has 0 aliphatic rings. The first kappa shape index (κ1) is 18.9. The molecule has 2 heteroatoms. The first-order valence-corrected chi connectivity index (χ1v) is 8.46. The van der Waals surface area contributed by atoms with Gasteiger partial charge >= 0.3 is 0 Å². The highest BCUT2D eigenvalue weighted by molar-refractivity contribution is 4.65. The maximum Gasteiger partial charge on any atom is 0.0702 e. The van der Waals surface area contributed by atoms with E-state index < -0.39 is 0 Å². The summed E-state index contributed by atoms with van der Waals surface area (Å²) in [5.74, 6) is 0.716. The van der Waals surface area contributed by atoms with Crippen molar-refractivity contribution in [2.24, 2.45) is 5.92 Å². The van der Waals surface area contributed by atoms with E-state index in [2.05, 4.69) is 39.9 Å². The number of unbranched alkanes of at least 4 members (excludes halogenated alkanes) is 3. The van der Waals surface area contributed by atoms with Gasteiger partial charge in [-0.3, -0.25) is 0 Å². The van der Waals surface area contributed by atoms with Crippen molar-refractivity contribution < 1.29 is 4.74 Å². The summed E-state index contributed by atoms with van der Waals surface area (Å²) in [4.78, 5) is 0. The van der Waals surface area contributed by atoms with E-state index in [1.807, 2.05) is 0 Å². The summed E-state index contributed by atoms with van der Waals surface area (Å²) in [6.07, 6.45) is 9.74. The van der Waals surface area contributed by atoms with E-state index in [-0.39, 0.29) is 0 Å². The maximum atomic E-state index is 6.19. The highest BCUT2D eigenvalue weighted by Gasteiger charge is 2.12. The van der Waals surface area contributed by atoms with Gasteiger partial charge in [-0.05, 0) is 32.2 Å². The maximum absolute atomic E-state index is 6.19. The van der Waals surface area contributed by atoms with Crippen LogP contribution in [0.3, 0.4) is 0 Å². The standard InChI is InChI=1S/C17H37NO/c1-6-8-9-10-12-16(5)19-17(11-7-2)14-18-13-15(3)4/h15-18H,6-14H2,1-5H3. The van der Waals surface area contributed by atoms with Gasteiger partial charge in [0.05, 0.1) is 12.2 Å². The molecule has 1 N–H and O–H groups in total. The van der Waals surface area contributed by atoms with Gasteiger partial charge < -0.3 is 10.1 Å². The Morgan fingerprint density at radius 1 is 0.842 bits per heavy atom. The lowest BCUT2D eigenvalue weighted by Gasteiger charge is -2.23. The summed E-state index contributed by atoms with van der Waals surface area (Å²) in [6.45, 7) is 13.3. The molecule has 2 nitrogen and oxygen atoms in total. The smallest absolute Gasteiger partial charge is 0.0702 e. The molecule has 0 heterocycles. The molecule has 0 fully saturated rings. The second-order valence-corrected chi connectivity index (χ2v) is 6.26. The third-order valence-corrected chi connectivity index (χ3v) is 3.42. The van der Waals surface area contributed by atoms with E-state index in [0.717, 1.165) is 13.1 Å². The summed E-state index contributed by atoms with van der Waals surface area (Å²) in [5, 5.41) is 3.53. The molecule has 0 aromatic carbocycles. The molecule has 0 rings (SSSR count). The van der Waals surface area contributed by atoms with Gasteiger partial charge in [0.2, 0.25) is 0 Å². The molecule has 0 aliphatic heterocycles. The van der Waals surface area contributed by atoms with Crippen LogP contribution in [-0.4, -0.2) is 25.3 Å². The predicted molar refractivity (Wildman–Crippen MR) is 85.7 cm³/mol. The minimum Gasteiger partial charge on any atom is -0.374 e. The molecule has 0 aromatic rings. The van der Waals surface area contributed by atoms with E-state index in [4.69, 9.17) is 4.74 Å². The first-order chi connectivity index (χ1) is 9.10.